The average molecular weight is 387 g/mol. The Morgan fingerprint density at radius 3 is 2.40 bits per heavy atom. The van der Waals surface area contributed by atoms with E-state index in [-0.39, 0.29) is 5.56 Å². The Hall–Kier alpha value is -1.73. The summed E-state index contributed by atoms with van der Waals surface area (Å²) in [7, 11) is 0. The number of amides is 2. The van der Waals surface area contributed by atoms with Gasteiger partial charge >= 0.3 is 5.97 Å². The summed E-state index contributed by atoms with van der Waals surface area (Å²) < 4.78 is 0. The summed E-state index contributed by atoms with van der Waals surface area (Å²) in [5.41, 5.74) is 0.290. The molecule has 3 unspecified atom stereocenters. The quantitative estimate of drug-likeness (QED) is 0.605. The fourth-order valence-corrected chi connectivity index (χ4v) is 2.74. The van der Waals surface area contributed by atoms with Crippen molar-refractivity contribution in [2.24, 2.45) is 5.92 Å². The average Bonchev–Trinajstić information content (AvgIpc) is 2.57. The maximum absolute atomic E-state index is 12.5. The highest BCUT2D eigenvalue weighted by Crippen LogP contribution is 2.15. The van der Waals surface area contributed by atoms with Crippen LogP contribution in [0.25, 0.3) is 0 Å². The van der Waals surface area contributed by atoms with E-state index in [1.54, 1.807) is 43.0 Å². The number of rotatable bonds is 9. The minimum absolute atomic E-state index is 0.290. The third kappa shape index (κ3) is 6.59. The number of halogens is 1. The largest absolute Gasteiger partial charge is 0.481 e. The van der Waals surface area contributed by atoms with Crippen molar-refractivity contribution in [3.05, 3.63) is 34.9 Å². The van der Waals surface area contributed by atoms with Crippen LogP contribution in [0.2, 0.25) is 5.02 Å². The molecule has 0 aromatic heterocycles. The Morgan fingerprint density at radius 2 is 1.84 bits per heavy atom. The number of carboxylic acids is 1. The molecule has 1 rings (SSSR count). The van der Waals surface area contributed by atoms with Crippen molar-refractivity contribution in [3.8, 4) is 0 Å². The Kier molecular flexibility index (Phi) is 8.78. The Balaban J connectivity index is 2.82. The third-order valence-electron chi connectivity index (χ3n) is 3.86. The van der Waals surface area contributed by atoms with Crippen molar-refractivity contribution < 1.29 is 19.5 Å². The molecule has 0 aliphatic heterocycles. The number of carboxylic acid groups (broad SMARTS) is 1. The highest BCUT2D eigenvalue weighted by atomic mass is 35.5. The molecule has 138 valence electrons. The molecule has 3 N–H and O–H groups in total. The molecule has 8 heteroatoms. The van der Waals surface area contributed by atoms with Crippen molar-refractivity contribution in [2.75, 3.05) is 12.0 Å². The number of carbonyl (C=O) groups is 3. The molecule has 0 heterocycles. The molecule has 0 aliphatic rings. The lowest BCUT2D eigenvalue weighted by molar-refractivity contribution is -0.142. The summed E-state index contributed by atoms with van der Waals surface area (Å²) in [6.45, 7) is 3.14. The summed E-state index contributed by atoms with van der Waals surface area (Å²) >= 11 is 7.57. The van der Waals surface area contributed by atoms with Crippen molar-refractivity contribution in [1.29, 1.82) is 0 Å². The number of thioether (sulfide) groups is 1. The van der Waals surface area contributed by atoms with Crippen molar-refractivity contribution in [3.63, 3.8) is 0 Å². The normalized spacial score (nSPS) is 14.2. The second-order valence-electron chi connectivity index (χ2n) is 5.71. The van der Waals surface area contributed by atoms with Crippen LogP contribution < -0.4 is 10.6 Å². The number of benzene rings is 1. The fraction of sp³-hybridized carbons (Fsp3) is 0.471. The fourth-order valence-electron chi connectivity index (χ4n) is 2.05. The number of aliphatic carboxylic acids is 1. The lowest BCUT2D eigenvalue weighted by atomic mass is 10.0. The molecule has 0 bridgehead atoms. The lowest BCUT2D eigenvalue weighted by Crippen LogP contribution is -2.51. The Bertz CT molecular complexity index is 626. The molecule has 0 saturated carbocycles. The first-order valence-electron chi connectivity index (χ1n) is 7.85. The van der Waals surface area contributed by atoms with Gasteiger partial charge in [0.15, 0.2) is 0 Å². The summed E-state index contributed by atoms with van der Waals surface area (Å²) in [6.07, 6.45) is 2.33. The molecule has 0 aliphatic carbocycles. The molecule has 1 aromatic carbocycles. The number of carbonyl (C=O) groups excluding carboxylic acids is 2. The second-order valence-corrected chi connectivity index (χ2v) is 7.10. The van der Waals surface area contributed by atoms with Crippen molar-refractivity contribution in [2.45, 2.75) is 32.4 Å². The van der Waals surface area contributed by atoms with Gasteiger partial charge in [-0.2, -0.15) is 11.8 Å². The Morgan fingerprint density at radius 1 is 1.20 bits per heavy atom. The van der Waals surface area contributed by atoms with Gasteiger partial charge in [0.2, 0.25) is 5.91 Å². The number of hydrogen-bond donors (Lipinski definition) is 3. The van der Waals surface area contributed by atoms with E-state index < -0.39 is 35.8 Å². The van der Waals surface area contributed by atoms with Gasteiger partial charge < -0.3 is 15.7 Å². The van der Waals surface area contributed by atoms with Gasteiger partial charge in [-0.1, -0.05) is 23.7 Å². The van der Waals surface area contributed by atoms with Crippen LogP contribution >= 0.6 is 23.4 Å². The van der Waals surface area contributed by atoms with Crippen LogP contribution in [0.1, 0.15) is 30.6 Å². The smallest absolute Gasteiger partial charge is 0.308 e. The predicted octanol–water partition coefficient (Wildman–Crippen LogP) is 2.42. The molecule has 25 heavy (non-hydrogen) atoms. The molecular weight excluding hydrogens is 364 g/mol. The van der Waals surface area contributed by atoms with Gasteiger partial charge in [-0.25, -0.2) is 0 Å². The number of hydrogen-bond acceptors (Lipinski definition) is 4. The molecular formula is C17H23ClN2O4S. The summed E-state index contributed by atoms with van der Waals surface area (Å²) in [5, 5.41) is 14.7. The maximum atomic E-state index is 12.5. The summed E-state index contributed by atoms with van der Waals surface area (Å²) in [4.78, 5) is 35.9. The van der Waals surface area contributed by atoms with Crippen LogP contribution in [0.5, 0.6) is 0 Å². The molecule has 0 radical (unpaired) electrons. The first kappa shape index (κ1) is 21.3. The van der Waals surface area contributed by atoms with E-state index >= 15 is 0 Å². The van der Waals surface area contributed by atoms with Gasteiger partial charge in [-0.3, -0.25) is 14.4 Å². The minimum atomic E-state index is -0.992. The zero-order chi connectivity index (χ0) is 19.0. The first-order valence-corrected chi connectivity index (χ1v) is 9.62. The van der Waals surface area contributed by atoms with Gasteiger partial charge in [-0.15, -0.1) is 0 Å². The standard InChI is InChI=1S/C17H23ClN2O4S/c1-10(17(23)24)11(2)19-16(22)14(8-9-25-3)20-15(21)12-6-4-5-7-13(12)18/h4-7,10-11,14H,8-9H2,1-3H3,(H,19,22)(H,20,21)(H,23,24). The molecule has 2 amide bonds. The Labute approximate surface area is 156 Å². The van der Waals surface area contributed by atoms with E-state index in [0.29, 0.717) is 17.2 Å². The first-order chi connectivity index (χ1) is 11.8. The van der Waals surface area contributed by atoms with Gasteiger partial charge in [0.25, 0.3) is 5.91 Å². The van der Waals surface area contributed by atoms with Crippen LogP contribution in [0.3, 0.4) is 0 Å². The molecule has 0 spiro atoms. The zero-order valence-electron chi connectivity index (χ0n) is 14.4. The lowest BCUT2D eigenvalue weighted by Gasteiger charge is -2.23. The molecule has 1 aromatic rings. The molecule has 3 atom stereocenters. The van der Waals surface area contributed by atoms with Crippen LogP contribution in [-0.4, -0.2) is 47.0 Å². The van der Waals surface area contributed by atoms with E-state index in [4.69, 9.17) is 16.7 Å². The summed E-state index contributed by atoms with van der Waals surface area (Å²) in [5.74, 6) is -1.90. The highest BCUT2D eigenvalue weighted by Gasteiger charge is 2.26. The zero-order valence-corrected chi connectivity index (χ0v) is 16.0. The van der Waals surface area contributed by atoms with Gasteiger partial charge in [-0.05, 0) is 44.4 Å². The van der Waals surface area contributed by atoms with E-state index in [1.165, 1.54) is 6.92 Å². The monoisotopic (exact) mass is 386 g/mol. The van der Waals surface area contributed by atoms with Crippen LogP contribution in [-0.2, 0) is 9.59 Å². The highest BCUT2D eigenvalue weighted by molar-refractivity contribution is 7.98. The molecule has 0 saturated heterocycles. The van der Waals surface area contributed by atoms with Gasteiger partial charge in [0.05, 0.1) is 16.5 Å². The third-order valence-corrected chi connectivity index (χ3v) is 4.83. The van der Waals surface area contributed by atoms with E-state index in [2.05, 4.69) is 10.6 Å². The number of nitrogens with one attached hydrogen (secondary N) is 2. The predicted molar refractivity (Wildman–Crippen MR) is 100 cm³/mol. The van der Waals surface area contributed by atoms with Crippen LogP contribution in [0.15, 0.2) is 24.3 Å². The van der Waals surface area contributed by atoms with Crippen LogP contribution in [0.4, 0.5) is 0 Å². The second kappa shape index (κ2) is 10.3. The van der Waals surface area contributed by atoms with Crippen LogP contribution in [0, 0.1) is 5.92 Å². The molecule has 0 fully saturated rings. The van der Waals surface area contributed by atoms with E-state index in [9.17, 15) is 14.4 Å². The van der Waals surface area contributed by atoms with Crippen molar-refractivity contribution in [1.82, 2.24) is 10.6 Å². The SMILES string of the molecule is CSCCC(NC(=O)c1ccccc1Cl)C(=O)NC(C)C(C)C(=O)O. The van der Waals surface area contributed by atoms with Crippen molar-refractivity contribution >= 4 is 41.1 Å². The minimum Gasteiger partial charge on any atom is -0.481 e. The van der Waals surface area contributed by atoms with Gasteiger partial charge in [0.1, 0.15) is 6.04 Å². The maximum Gasteiger partial charge on any atom is 0.308 e. The summed E-state index contributed by atoms with van der Waals surface area (Å²) in [6, 6.07) is 5.26. The molecule has 6 nitrogen and oxygen atoms in total. The topological polar surface area (TPSA) is 95.5 Å². The van der Waals surface area contributed by atoms with E-state index in [1.807, 2.05) is 6.26 Å². The van der Waals surface area contributed by atoms with E-state index in [0.717, 1.165) is 0 Å². The van der Waals surface area contributed by atoms with Gasteiger partial charge in [0, 0.05) is 6.04 Å².